The standard InChI is InChI=1S/C13H13FN2/c1-10-8-11(5-6-13(10)14)16-9-12-4-2-3-7-15-12/h2-8,16H,9H2,1H3. The lowest BCUT2D eigenvalue weighted by Gasteiger charge is -2.06. The van der Waals surface area contributed by atoms with Crippen LogP contribution in [-0.4, -0.2) is 4.98 Å². The summed E-state index contributed by atoms with van der Waals surface area (Å²) in [5.74, 6) is -0.177. The Morgan fingerprint density at radius 1 is 1.25 bits per heavy atom. The van der Waals surface area contributed by atoms with E-state index in [9.17, 15) is 4.39 Å². The van der Waals surface area contributed by atoms with Gasteiger partial charge in [-0.05, 0) is 42.8 Å². The van der Waals surface area contributed by atoms with Crippen molar-refractivity contribution < 1.29 is 4.39 Å². The maximum atomic E-state index is 13.0. The van der Waals surface area contributed by atoms with Gasteiger partial charge in [-0.15, -0.1) is 0 Å². The summed E-state index contributed by atoms with van der Waals surface area (Å²) in [6.45, 7) is 2.40. The Morgan fingerprint density at radius 3 is 2.81 bits per heavy atom. The van der Waals surface area contributed by atoms with Gasteiger partial charge in [-0.1, -0.05) is 6.07 Å². The molecule has 0 aliphatic heterocycles. The Balaban J connectivity index is 2.03. The van der Waals surface area contributed by atoms with E-state index in [2.05, 4.69) is 10.3 Å². The van der Waals surface area contributed by atoms with Crippen LogP contribution >= 0.6 is 0 Å². The summed E-state index contributed by atoms with van der Waals surface area (Å²) in [4.78, 5) is 4.20. The largest absolute Gasteiger partial charge is 0.379 e. The highest BCUT2D eigenvalue weighted by Crippen LogP contribution is 2.14. The lowest BCUT2D eigenvalue weighted by molar-refractivity contribution is 0.618. The van der Waals surface area contributed by atoms with Crippen molar-refractivity contribution in [3.63, 3.8) is 0 Å². The molecule has 0 atom stereocenters. The van der Waals surface area contributed by atoms with Gasteiger partial charge in [0.05, 0.1) is 12.2 Å². The number of rotatable bonds is 3. The van der Waals surface area contributed by atoms with Gasteiger partial charge in [-0.3, -0.25) is 4.98 Å². The SMILES string of the molecule is Cc1cc(NCc2ccccn2)ccc1F. The molecule has 0 fully saturated rings. The molecule has 0 spiro atoms. The Hall–Kier alpha value is -1.90. The van der Waals surface area contributed by atoms with E-state index in [-0.39, 0.29) is 5.82 Å². The quantitative estimate of drug-likeness (QED) is 0.852. The first kappa shape index (κ1) is 10.6. The molecule has 1 aromatic heterocycles. The zero-order valence-corrected chi connectivity index (χ0v) is 9.07. The van der Waals surface area contributed by atoms with Gasteiger partial charge in [0, 0.05) is 11.9 Å². The van der Waals surface area contributed by atoms with Gasteiger partial charge >= 0.3 is 0 Å². The van der Waals surface area contributed by atoms with Gasteiger partial charge in [-0.25, -0.2) is 4.39 Å². The van der Waals surface area contributed by atoms with Gasteiger partial charge in [0.1, 0.15) is 5.82 Å². The minimum Gasteiger partial charge on any atom is -0.379 e. The number of nitrogens with zero attached hydrogens (tertiary/aromatic N) is 1. The number of anilines is 1. The molecule has 2 rings (SSSR count). The van der Waals surface area contributed by atoms with Crippen LogP contribution in [0.4, 0.5) is 10.1 Å². The van der Waals surface area contributed by atoms with Gasteiger partial charge in [0.2, 0.25) is 0 Å². The highest BCUT2D eigenvalue weighted by molar-refractivity contribution is 5.46. The minimum absolute atomic E-state index is 0.177. The van der Waals surface area contributed by atoms with Crippen molar-refractivity contribution in [3.05, 3.63) is 59.7 Å². The van der Waals surface area contributed by atoms with Gasteiger partial charge in [0.25, 0.3) is 0 Å². The monoisotopic (exact) mass is 216 g/mol. The van der Waals surface area contributed by atoms with Gasteiger partial charge in [0.15, 0.2) is 0 Å². The van der Waals surface area contributed by atoms with E-state index in [1.165, 1.54) is 6.07 Å². The summed E-state index contributed by atoms with van der Waals surface area (Å²) in [6.07, 6.45) is 1.76. The van der Waals surface area contributed by atoms with Crippen LogP contribution in [-0.2, 0) is 6.54 Å². The molecule has 2 nitrogen and oxygen atoms in total. The number of benzene rings is 1. The van der Waals surface area contributed by atoms with Gasteiger partial charge in [-0.2, -0.15) is 0 Å². The highest BCUT2D eigenvalue weighted by Gasteiger charge is 1.98. The number of hydrogen-bond acceptors (Lipinski definition) is 2. The summed E-state index contributed by atoms with van der Waals surface area (Å²) in [6, 6.07) is 10.8. The molecular formula is C13H13FN2. The van der Waals surface area contributed by atoms with Crippen molar-refractivity contribution >= 4 is 5.69 Å². The van der Waals surface area contributed by atoms with Crippen LogP contribution in [0.5, 0.6) is 0 Å². The maximum absolute atomic E-state index is 13.0. The molecule has 1 N–H and O–H groups in total. The Bertz CT molecular complexity index is 469. The van der Waals surface area contributed by atoms with E-state index in [0.717, 1.165) is 11.4 Å². The molecule has 16 heavy (non-hydrogen) atoms. The van der Waals surface area contributed by atoms with Crippen molar-refractivity contribution in [3.8, 4) is 0 Å². The second kappa shape index (κ2) is 4.75. The van der Waals surface area contributed by atoms with Crippen molar-refractivity contribution in [2.75, 3.05) is 5.32 Å². The van der Waals surface area contributed by atoms with Crippen LogP contribution in [0.1, 0.15) is 11.3 Å². The van der Waals surface area contributed by atoms with E-state index in [1.807, 2.05) is 18.2 Å². The molecule has 3 heteroatoms. The first-order chi connectivity index (χ1) is 7.75. The summed E-state index contributed by atoms with van der Waals surface area (Å²) < 4.78 is 13.0. The second-order valence-corrected chi connectivity index (χ2v) is 3.64. The predicted octanol–water partition coefficient (Wildman–Crippen LogP) is 3.14. The van der Waals surface area contributed by atoms with E-state index in [4.69, 9.17) is 0 Å². The molecule has 82 valence electrons. The predicted molar refractivity (Wildman–Crippen MR) is 62.7 cm³/mol. The molecular weight excluding hydrogens is 203 g/mol. The van der Waals surface area contributed by atoms with Crippen molar-refractivity contribution in [1.82, 2.24) is 4.98 Å². The molecule has 0 saturated heterocycles. The number of halogens is 1. The van der Waals surface area contributed by atoms with E-state index in [0.29, 0.717) is 12.1 Å². The molecule has 0 aliphatic carbocycles. The van der Waals surface area contributed by atoms with E-state index < -0.39 is 0 Å². The average Bonchev–Trinajstić information content (AvgIpc) is 2.32. The normalized spacial score (nSPS) is 10.1. The van der Waals surface area contributed by atoms with Crippen molar-refractivity contribution in [2.24, 2.45) is 0 Å². The maximum Gasteiger partial charge on any atom is 0.126 e. The Morgan fingerprint density at radius 2 is 2.12 bits per heavy atom. The summed E-state index contributed by atoms with van der Waals surface area (Å²) in [5.41, 5.74) is 2.51. The van der Waals surface area contributed by atoms with Crippen LogP contribution < -0.4 is 5.32 Å². The molecule has 0 bridgehead atoms. The Labute approximate surface area is 94.2 Å². The third-order valence-electron chi connectivity index (χ3n) is 2.36. The molecule has 0 unspecified atom stereocenters. The van der Waals surface area contributed by atoms with Crippen LogP contribution in [0.25, 0.3) is 0 Å². The van der Waals surface area contributed by atoms with Crippen LogP contribution in [0.2, 0.25) is 0 Å². The lowest BCUT2D eigenvalue weighted by atomic mass is 10.2. The second-order valence-electron chi connectivity index (χ2n) is 3.64. The lowest BCUT2D eigenvalue weighted by Crippen LogP contribution is -2.01. The zero-order valence-electron chi connectivity index (χ0n) is 9.07. The average molecular weight is 216 g/mol. The van der Waals surface area contributed by atoms with Crippen LogP contribution in [0, 0.1) is 12.7 Å². The molecule has 1 aromatic carbocycles. The van der Waals surface area contributed by atoms with Crippen LogP contribution in [0.15, 0.2) is 42.6 Å². The summed E-state index contributed by atoms with van der Waals surface area (Å²) in [5, 5.41) is 3.20. The topological polar surface area (TPSA) is 24.9 Å². The van der Waals surface area contributed by atoms with Crippen molar-refractivity contribution in [1.29, 1.82) is 0 Å². The first-order valence-electron chi connectivity index (χ1n) is 5.15. The smallest absolute Gasteiger partial charge is 0.126 e. The van der Waals surface area contributed by atoms with Gasteiger partial charge < -0.3 is 5.32 Å². The number of nitrogens with one attached hydrogen (secondary N) is 1. The third-order valence-corrected chi connectivity index (χ3v) is 2.36. The molecule has 0 saturated carbocycles. The highest BCUT2D eigenvalue weighted by atomic mass is 19.1. The first-order valence-corrected chi connectivity index (χ1v) is 5.15. The fourth-order valence-corrected chi connectivity index (χ4v) is 1.45. The fourth-order valence-electron chi connectivity index (χ4n) is 1.45. The molecule has 2 aromatic rings. The number of hydrogen-bond donors (Lipinski definition) is 1. The van der Waals surface area contributed by atoms with Crippen LogP contribution in [0.3, 0.4) is 0 Å². The number of aryl methyl sites for hydroxylation is 1. The van der Waals surface area contributed by atoms with Crippen molar-refractivity contribution in [2.45, 2.75) is 13.5 Å². The summed E-state index contributed by atoms with van der Waals surface area (Å²) >= 11 is 0. The van der Waals surface area contributed by atoms with E-state index >= 15 is 0 Å². The molecule has 0 amide bonds. The zero-order chi connectivity index (χ0) is 11.4. The Kier molecular flexibility index (Phi) is 3.15. The molecule has 1 heterocycles. The number of pyridine rings is 1. The molecule has 0 radical (unpaired) electrons. The van der Waals surface area contributed by atoms with E-state index in [1.54, 1.807) is 25.3 Å². The summed E-state index contributed by atoms with van der Waals surface area (Å²) in [7, 11) is 0. The third kappa shape index (κ3) is 2.57. The molecule has 0 aliphatic rings. The fraction of sp³-hybridized carbons (Fsp3) is 0.154. The number of aromatic nitrogens is 1. The minimum atomic E-state index is -0.177.